The maximum atomic E-state index is 9.53. The Morgan fingerprint density at radius 3 is 2.59 bits per heavy atom. The first-order chi connectivity index (χ1) is 7.80. The summed E-state index contributed by atoms with van der Waals surface area (Å²) >= 11 is 4.30. The summed E-state index contributed by atoms with van der Waals surface area (Å²) in [7, 11) is -2.64. The number of rotatable bonds is 5. The monoisotopic (exact) mass is 305 g/mol. The quantitative estimate of drug-likeness (QED) is 0.435. The molecule has 17 heavy (non-hydrogen) atoms. The molecule has 1 heterocycles. The number of thiol groups is 1. The van der Waals surface area contributed by atoms with Crippen LogP contribution in [0.25, 0.3) is 0 Å². The van der Waals surface area contributed by atoms with Crippen LogP contribution < -0.4 is 5.73 Å². The molecule has 4 N–H and O–H groups in total. The minimum absolute atomic E-state index is 0.297. The fourth-order valence-electron chi connectivity index (χ4n) is 1.76. The minimum atomic E-state index is -4.12. The van der Waals surface area contributed by atoms with E-state index in [1.807, 2.05) is 13.6 Å². The second-order valence-corrected chi connectivity index (χ2v) is 7.49. The van der Waals surface area contributed by atoms with Gasteiger partial charge in [-0.1, -0.05) is 0 Å². The van der Waals surface area contributed by atoms with Crippen LogP contribution in [0.5, 0.6) is 0 Å². The summed E-state index contributed by atoms with van der Waals surface area (Å²) in [6, 6.07) is 0. The van der Waals surface area contributed by atoms with Crippen molar-refractivity contribution >= 4 is 29.4 Å². The van der Waals surface area contributed by atoms with E-state index < -0.39 is 25.0 Å². The molecule has 0 radical (unpaired) electrons. The van der Waals surface area contributed by atoms with Gasteiger partial charge in [-0.05, 0) is 0 Å². The van der Waals surface area contributed by atoms with Crippen LogP contribution in [0.3, 0.4) is 0 Å². The van der Waals surface area contributed by atoms with E-state index in [1.165, 1.54) is 7.11 Å². The zero-order chi connectivity index (χ0) is 13.3. The molecule has 0 saturated carbocycles. The van der Waals surface area contributed by atoms with Crippen molar-refractivity contribution in [1.29, 1.82) is 0 Å². The molecule has 104 valence electrons. The molecule has 0 bridgehead atoms. The van der Waals surface area contributed by atoms with Gasteiger partial charge >= 0.3 is 109 Å². The molecule has 1 saturated heterocycles. The van der Waals surface area contributed by atoms with E-state index in [0.29, 0.717) is 15.0 Å². The Labute approximate surface area is 109 Å². The van der Waals surface area contributed by atoms with E-state index in [2.05, 4.69) is 17.2 Å². The maximum absolute atomic E-state index is 9.53. The van der Waals surface area contributed by atoms with Crippen LogP contribution in [0.1, 0.15) is 13.3 Å². The van der Waals surface area contributed by atoms with E-state index in [9.17, 15) is 9.79 Å². The third-order valence-electron chi connectivity index (χ3n) is 2.90. The van der Waals surface area contributed by atoms with Crippen LogP contribution in [0.15, 0.2) is 0 Å². The van der Waals surface area contributed by atoms with Crippen molar-refractivity contribution in [2.45, 2.75) is 36.3 Å². The Morgan fingerprint density at radius 1 is 1.59 bits per heavy atom. The summed E-state index contributed by atoms with van der Waals surface area (Å²) < 4.78 is 15.4. The molecule has 6 nitrogen and oxygen atoms in total. The first kappa shape index (κ1) is 16.0. The molecule has 0 aromatic carbocycles. The molecule has 0 aromatic heterocycles. The molecule has 0 amide bonds. The first-order valence-corrected chi connectivity index (χ1v) is 9.02. The summed E-state index contributed by atoms with van der Waals surface area (Å²) in [5.74, 6) is 0. The van der Waals surface area contributed by atoms with Crippen molar-refractivity contribution in [2.75, 3.05) is 13.8 Å². The molecular formula is C8H21NO5P2S. The molecule has 1 aliphatic heterocycles. The normalized spacial score (nSPS) is 40.3. The van der Waals surface area contributed by atoms with E-state index in [0.717, 1.165) is 0 Å². The van der Waals surface area contributed by atoms with Crippen LogP contribution in [-0.4, -0.2) is 46.5 Å². The first-order valence-electron chi connectivity index (χ1n) is 5.29. The average Bonchev–Trinajstić information content (AvgIpc) is 2.53. The molecule has 0 spiro atoms. The Balaban J connectivity index is 2.90. The van der Waals surface area contributed by atoms with Crippen LogP contribution in [0, 0.1) is 0 Å². The summed E-state index contributed by atoms with van der Waals surface area (Å²) in [5, 5.41) is -0.827. The molecular weight excluding hydrogens is 284 g/mol. The molecule has 4 unspecified atom stereocenters. The van der Waals surface area contributed by atoms with Crippen LogP contribution in [0.4, 0.5) is 0 Å². The Morgan fingerprint density at radius 2 is 2.18 bits per heavy atom. The van der Waals surface area contributed by atoms with Crippen LogP contribution >= 0.6 is 29.4 Å². The molecule has 5 atom stereocenters. The zero-order valence-electron chi connectivity index (χ0n) is 10.1. The molecule has 1 fully saturated rings. The summed E-state index contributed by atoms with van der Waals surface area (Å²) in [5.41, 5.74) is 5.72. The molecule has 0 aliphatic carbocycles. The van der Waals surface area contributed by atoms with Crippen molar-refractivity contribution < 1.29 is 23.6 Å². The van der Waals surface area contributed by atoms with Crippen LogP contribution in [0.2, 0.25) is 0 Å². The van der Waals surface area contributed by atoms with Crippen molar-refractivity contribution in [3.63, 3.8) is 0 Å². The van der Waals surface area contributed by atoms with Gasteiger partial charge in [-0.3, -0.25) is 0 Å². The Kier molecular flexibility index (Phi) is 5.61. The number of hydrogen-bond acceptors (Lipinski definition) is 7. The summed E-state index contributed by atoms with van der Waals surface area (Å²) in [4.78, 5) is 19.1. The van der Waals surface area contributed by atoms with Crippen molar-refractivity contribution in [3.05, 3.63) is 0 Å². The standard InChI is InChI=1S/C8H21NO5P2S/c1-4-5-6(14-16(10,11)12-2)8(9,15-3)7(17)13-5/h5-7,10-11,15-17H,4,9H2,1-3H3/t5?,6-,7?,8?/m0/s1. The summed E-state index contributed by atoms with van der Waals surface area (Å²) in [6.45, 7) is 3.82. The van der Waals surface area contributed by atoms with E-state index in [1.54, 1.807) is 0 Å². The molecule has 0 aromatic rings. The van der Waals surface area contributed by atoms with Crippen LogP contribution in [-0.2, 0) is 13.8 Å². The second-order valence-electron chi connectivity index (χ2n) is 3.91. The number of ether oxygens (including phenoxy) is 1. The van der Waals surface area contributed by atoms with Gasteiger partial charge in [0.25, 0.3) is 0 Å². The van der Waals surface area contributed by atoms with Gasteiger partial charge in [0.05, 0.1) is 0 Å². The van der Waals surface area contributed by atoms with Gasteiger partial charge in [-0.25, -0.2) is 0 Å². The van der Waals surface area contributed by atoms with Crippen molar-refractivity contribution in [1.82, 2.24) is 0 Å². The van der Waals surface area contributed by atoms with E-state index >= 15 is 0 Å². The third-order valence-corrected chi connectivity index (χ3v) is 6.20. The van der Waals surface area contributed by atoms with Gasteiger partial charge in [-0.2, -0.15) is 0 Å². The van der Waals surface area contributed by atoms with Gasteiger partial charge in [0.1, 0.15) is 0 Å². The average molecular weight is 305 g/mol. The second kappa shape index (κ2) is 5.95. The van der Waals surface area contributed by atoms with Gasteiger partial charge in [-0.15, -0.1) is 0 Å². The zero-order valence-corrected chi connectivity index (χ0v) is 13.0. The predicted octanol–water partition coefficient (Wildman–Crippen LogP) is 0.440. The summed E-state index contributed by atoms with van der Waals surface area (Å²) in [6.07, 6.45) is -0.282. The number of hydrogen-bond donors (Lipinski definition) is 4. The van der Waals surface area contributed by atoms with E-state index in [-0.39, 0.29) is 6.10 Å². The topological polar surface area (TPSA) is 94.2 Å². The molecule has 1 rings (SSSR count). The fourth-order valence-corrected chi connectivity index (χ4v) is 4.19. The Hall–Kier alpha value is 0.970. The Bertz CT molecular complexity index is 272. The SMILES string of the molecule is CCC1OC(S)C(N)(PC)[C@H]1O[PH](O)(O)OC. The van der Waals surface area contributed by atoms with Gasteiger partial charge in [0.15, 0.2) is 0 Å². The van der Waals surface area contributed by atoms with E-state index in [4.69, 9.17) is 15.0 Å². The molecule has 9 heteroatoms. The van der Waals surface area contributed by atoms with Crippen molar-refractivity contribution in [3.8, 4) is 0 Å². The number of nitrogens with two attached hydrogens (primary N) is 1. The predicted molar refractivity (Wildman–Crippen MR) is 73.7 cm³/mol. The van der Waals surface area contributed by atoms with Gasteiger partial charge in [0.2, 0.25) is 0 Å². The van der Waals surface area contributed by atoms with Crippen molar-refractivity contribution in [2.24, 2.45) is 5.73 Å². The third kappa shape index (κ3) is 3.30. The van der Waals surface area contributed by atoms with Gasteiger partial charge < -0.3 is 0 Å². The van der Waals surface area contributed by atoms with Gasteiger partial charge in [0, 0.05) is 0 Å². The molecule has 1 aliphatic rings. The fraction of sp³-hybridized carbons (Fsp3) is 1.00.